The molecule has 0 radical (unpaired) electrons. The molecule has 0 aliphatic heterocycles. The third-order valence-corrected chi connectivity index (χ3v) is 3.49. The van der Waals surface area contributed by atoms with Gasteiger partial charge in [-0.1, -0.05) is 6.42 Å². The first kappa shape index (κ1) is 15.2. The maximum atomic E-state index is 11.1. The number of hydrogen-bond acceptors (Lipinski definition) is 4. The smallest absolute Gasteiger partial charge is 0.305 e. The van der Waals surface area contributed by atoms with E-state index in [4.69, 9.17) is 4.74 Å². The van der Waals surface area contributed by atoms with Crippen LogP contribution in [0.25, 0.3) is 0 Å². The molecule has 1 heterocycles. The fourth-order valence-corrected chi connectivity index (χ4v) is 2.49. The molecule has 3 nitrogen and oxygen atoms in total. The first-order valence-electron chi connectivity index (χ1n) is 6.57. The number of thiophene rings is 1. The second kappa shape index (κ2) is 9.11. The van der Waals surface area contributed by atoms with E-state index in [0.717, 1.165) is 32.4 Å². The number of rotatable bonds is 9. The van der Waals surface area contributed by atoms with Crippen LogP contribution < -0.4 is 0 Å². The molecule has 102 valence electrons. The van der Waals surface area contributed by atoms with Gasteiger partial charge in [0.05, 0.1) is 6.61 Å². The molecule has 0 bridgehead atoms. The van der Waals surface area contributed by atoms with Gasteiger partial charge in [-0.05, 0) is 55.7 Å². The molecule has 0 fully saturated rings. The molecule has 0 aliphatic rings. The van der Waals surface area contributed by atoms with E-state index in [2.05, 4.69) is 28.8 Å². The second-order valence-corrected chi connectivity index (χ2v) is 5.27. The predicted molar refractivity (Wildman–Crippen MR) is 75.8 cm³/mol. The van der Waals surface area contributed by atoms with Crippen LogP contribution in [0, 0.1) is 0 Å². The van der Waals surface area contributed by atoms with E-state index in [1.807, 2.05) is 6.92 Å². The summed E-state index contributed by atoms with van der Waals surface area (Å²) in [7, 11) is 2.14. The number of hydrogen-bond donors (Lipinski definition) is 0. The minimum absolute atomic E-state index is 0.0656. The lowest BCUT2D eigenvalue weighted by Gasteiger charge is -2.15. The summed E-state index contributed by atoms with van der Waals surface area (Å²) in [6, 6.07) is 2.17. The second-order valence-electron chi connectivity index (χ2n) is 4.49. The highest BCUT2D eigenvalue weighted by atomic mass is 32.1. The Morgan fingerprint density at radius 3 is 2.89 bits per heavy atom. The molecule has 0 amide bonds. The van der Waals surface area contributed by atoms with Crippen LogP contribution in [0.3, 0.4) is 0 Å². The average molecular weight is 269 g/mol. The lowest BCUT2D eigenvalue weighted by Crippen LogP contribution is -2.18. The van der Waals surface area contributed by atoms with Crippen LogP contribution in [0.15, 0.2) is 16.8 Å². The van der Waals surface area contributed by atoms with Crippen molar-refractivity contribution in [3.63, 3.8) is 0 Å². The standard InChI is InChI=1S/C14H23NO2S/c1-3-17-14(16)7-5-4-6-9-15(2)11-13-8-10-18-12-13/h8,10,12H,3-7,9,11H2,1-2H3. The molecule has 0 saturated carbocycles. The third kappa shape index (κ3) is 6.77. The van der Waals surface area contributed by atoms with E-state index in [1.165, 1.54) is 5.56 Å². The minimum Gasteiger partial charge on any atom is -0.466 e. The predicted octanol–water partition coefficient (Wildman–Crippen LogP) is 3.30. The highest BCUT2D eigenvalue weighted by Gasteiger charge is 2.03. The monoisotopic (exact) mass is 269 g/mol. The fraction of sp³-hybridized carbons (Fsp3) is 0.643. The SMILES string of the molecule is CCOC(=O)CCCCCN(C)Cc1ccsc1. The van der Waals surface area contributed by atoms with Crippen LogP contribution in [0.1, 0.15) is 38.2 Å². The minimum atomic E-state index is -0.0656. The molecule has 0 spiro atoms. The Labute approximate surface area is 114 Å². The lowest BCUT2D eigenvalue weighted by molar-refractivity contribution is -0.143. The van der Waals surface area contributed by atoms with Crippen molar-refractivity contribution in [3.8, 4) is 0 Å². The first-order valence-corrected chi connectivity index (χ1v) is 7.52. The molecular formula is C14H23NO2S. The molecule has 0 atom stereocenters. The highest BCUT2D eigenvalue weighted by molar-refractivity contribution is 7.07. The largest absolute Gasteiger partial charge is 0.466 e. The Hall–Kier alpha value is -0.870. The molecule has 1 rings (SSSR count). The molecule has 1 aromatic rings. The summed E-state index contributed by atoms with van der Waals surface area (Å²) in [5.41, 5.74) is 1.38. The van der Waals surface area contributed by atoms with Crippen molar-refractivity contribution in [3.05, 3.63) is 22.4 Å². The number of esters is 1. The summed E-state index contributed by atoms with van der Waals surface area (Å²) in [6.07, 6.45) is 3.72. The average Bonchev–Trinajstić information content (AvgIpc) is 2.81. The van der Waals surface area contributed by atoms with Gasteiger partial charge in [-0.15, -0.1) is 0 Å². The zero-order valence-electron chi connectivity index (χ0n) is 11.4. The van der Waals surface area contributed by atoms with E-state index in [9.17, 15) is 4.79 Å². The van der Waals surface area contributed by atoms with Crippen molar-refractivity contribution in [2.45, 2.75) is 39.2 Å². The van der Waals surface area contributed by atoms with Crippen molar-refractivity contribution in [2.75, 3.05) is 20.2 Å². The van der Waals surface area contributed by atoms with E-state index < -0.39 is 0 Å². The van der Waals surface area contributed by atoms with E-state index in [1.54, 1.807) is 11.3 Å². The van der Waals surface area contributed by atoms with Crippen LogP contribution in [0.2, 0.25) is 0 Å². The van der Waals surface area contributed by atoms with Gasteiger partial charge in [0.2, 0.25) is 0 Å². The molecule has 1 aromatic heterocycles. The zero-order chi connectivity index (χ0) is 13.2. The van der Waals surface area contributed by atoms with Crippen molar-refractivity contribution >= 4 is 17.3 Å². The number of ether oxygens (including phenoxy) is 1. The van der Waals surface area contributed by atoms with E-state index >= 15 is 0 Å². The Kier molecular flexibility index (Phi) is 7.69. The fourth-order valence-electron chi connectivity index (χ4n) is 1.83. The van der Waals surface area contributed by atoms with Gasteiger partial charge >= 0.3 is 5.97 Å². The van der Waals surface area contributed by atoms with Crippen LogP contribution in [0.5, 0.6) is 0 Å². The number of carbonyl (C=O) groups is 1. The van der Waals surface area contributed by atoms with Gasteiger partial charge in [-0.25, -0.2) is 0 Å². The highest BCUT2D eigenvalue weighted by Crippen LogP contribution is 2.09. The molecule has 0 aromatic carbocycles. The van der Waals surface area contributed by atoms with Gasteiger partial charge in [0, 0.05) is 13.0 Å². The number of nitrogens with zero attached hydrogens (tertiary/aromatic N) is 1. The van der Waals surface area contributed by atoms with Crippen molar-refractivity contribution in [2.24, 2.45) is 0 Å². The Morgan fingerprint density at radius 1 is 1.39 bits per heavy atom. The Balaban J connectivity index is 1.99. The maximum Gasteiger partial charge on any atom is 0.305 e. The Bertz CT molecular complexity index is 325. The normalized spacial score (nSPS) is 10.8. The molecule has 0 unspecified atom stereocenters. The Morgan fingerprint density at radius 2 is 2.22 bits per heavy atom. The third-order valence-electron chi connectivity index (χ3n) is 2.76. The quantitative estimate of drug-likeness (QED) is 0.509. The van der Waals surface area contributed by atoms with E-state index in [-0.39, 0.29) is 5.97 Å². The number of unbranched alkanes of at least 4 members (excludes halogenated alkanes) is 2. The molecule has 4 heteroatoms. The summed E-state index contributed by atoms with van der Waals surface area (Å²) < 4.78 is 4.89. The van der Waals surface area contributed by atoms with Crippen molar-refractivity contribution in [1.82, 2.24) is 4.90 Å². The van der Waals surface area contributed by atoms with Gasteiger partial charge < -0.3 is 9.64 Å². The zero-order valence-corrected chi connectivity index (χ0v) is 12.2. The lowest BCUT2D eigenvalue weighted by atomic mass is 10.2. The summed E-state index contributed by atoms with van der Waals surface area (Å²) in [4.78, 5) is 13.4. The van der Waals surface area contributed by atoms with Crippen molar-refractivity contribution < 1.29 is 9.53 Å². The molecule has 0 saturated heterocycles. The molecule has 0 aliphatic carbocycles. The van der Waals surface area contributed by atoms with Crippen LogP contribution in [-0.2, 0) is 16.1 Å². The van der Waals surface area contributed by atoms with Gasteiger partial charge in [-0.2, -0.15) is 11.3 Å². The van der Waals surface area contributed by atoms with Crippen LogP contribution >= 0.6 is 11.3 Å². The summed E-state index contributed by atoms with van der Waals surface area (Å²) in [6.45, 7) is 4.43. The van der Waals surface area contributed by atoms with Crippen LogP contribution in [-0.4, -0.2) is 31.1 Å². The van der Waals surface area contributed by atoms with Crippen molar-refractivity contribution in [1.29, 1.82) is 0 Å². The summed E-state index contributed by atoms with van der Waals surface area (Å²) in [5.74, 6) is -0.0656. The van der Waals surface area contributed by atoms with Crippen LogP contribution in [0.4, 0.5) is 0 Å². The summed E-state index contributed by atoms with van der Waals surface area (Å²) in [5, 5.41) is 4.31. The number of carbonyl (C=O) groups excluding carboxylic acids is 1. The molecule has 0 N–H and O–H groups in total. The van der Waals surface area contributed by atoms with Gasteiger partial charge in [0.1, 0.15) is 0 Å². The van der Waals surface area contributed by atoms with Gasteiger partial charge in [0.25, 0.3) is 0 Å². The van der Waals surface area contributed by atoms with Gasteiger partial charge in [-0.3, -0.25) is 4.79 Å². The first-order chi connectivity index (χ1) is 8.72. The molecular weight excluding hydrogens is 246 g/mol. The van der Waals surface area contributed by atoms with E-state index in [0.29, 0.717) is 13.0 Å². The summed E-state index contributed by atoms with van der Waals surface area (Å²) >= 11 is 1.74. The van der Waals surface area contributed by atoms with Gasteiger partial charge in [0.15, 0.2) is 0 Å². The topological polar surface area (TPSA) is 29.5 Å². The maximum absolute atomic E-state index is 11.1. The molecule has 18 heavy (non-hydrogen) atoms.